The van der Waals surface area contributed by atoms with E-state index in [0.717, 1.165) is 16.5 Å². The van der Waals surface area contributed by atoms with Crippen LogP contribution in [0.2, 0.25) is 0 Å². The van der Waals surface area contributed by atoms with Gasteiger partial charge in [0, 0.05) is 28.3 Å². The van der Waals surface area contributed by atoms with Crippen molar-refractivity contribution in [1.82, 2.24) is 0 Å². The number of Topliss-reactive ketones (excluding diaryl/α,β-unsaturated/α-hetero) is 2. The molecule has 6 atom stereocenters. The Morgan fingerprint density at radius 2 is 1.41 bits per heavy atom. The minimum Gasteiger partial charge on any atom is -0.507 e. The van der Waals surface area contributed by atoms with Gasteiger partial charge in [-0.1, -0.05) is 79.2 Å². The Balaban J connectivity index is 1.22. The maximum atomic E-state index is 14.5. The molecule has 49 heavy (non-hydrogen) atoms. The van der Waals surface area contributed by atoms with Gasteiger partial charge < -0.3 is 5.11 Å². The summed E-state index contributed by atoms with van der Waals surface area (Å²) >= 11 is 0. The molecule has 2 amide bonds. The van der Waals surface area contributed by atoms with Crippen molar-refractivity contribution in [3.05, 3.63) is 130 Å². The van der Waals surface area contributed by atoms with Crippen LogP contribution in [0, 0.1) is 29.1 Å². The predicted octanol–water partition coefficient (Wildman–Crippen LogP) is 7.13. The molecule has 1 saturated carbocycles. The lowest BCUT2D eigenvalue weighted by Crippen LogP contribution is -2.55. The van der Waals surface area contributed by atoms with Crippen LogP contribution in [0.1, 0.15) is 61.0 Å². The Kier molecular flexibility index (Phi) is 6.97. The fourth-order valence-corrected chi connectivity index (χ4v) is 9.25. The highest BCUT2D eigenvalue weighted by atomic mass is 16.3. The first kappa shape index (κ1) is 30.9. The van der Waals surface area contributed by atoms with Crippen LogP contribution in [0.25, 0.3) is 10.8 Å². The number of imide groups is 1. The second-order valence-corrected chi connectivity index (χ2v) is 14.1. The molecular weight excluding hydrogens is 614 g/mol. The summed E-state index contributed by atoms with van der Waals surface area (Å²) in [4.78, 5) is 71.3. The standard InChI is InChI=1S/C42H35NO6/c1-22-23(2)39(47)42(3)33(37(22)45)21-32-30(36(42)29-19-20-34(44)28-12-8-7-11-27(28)29)17-18-31-35(32)41(49)43(40(31)48)26-15-13-25(14-16-26)38(46)24-9-5-4-6-10-24/h4-17,19-20,31-33,35-36,44H,18,21H2,1-3H3/t31-,32+,33-,35-,36-,42+/m0/s1. The summed E-state index contributed by atoms with van der Waals surface area (Å²) in [5.74, 6) is -3.85. The maximum absolute atomic E-state index is 14.5. The third-order valence-electron chi connectivity index (χ3n) is 11.8. The summed E-state index contributed by atoms with van der Waals surface area (Å²) in [7, 11) is 0. The van der Waals surface area contributed by atoms with Crippen molar-refractivity contribution >= 4 is 45.6 Å². The molecule has 1 saturated heterocycles. The minimum absolute atomic E-state index is 0.0844. The summed E-state index contributed by atoms with van der Waals surface area (Å²) < 4.78 is 0. The van der Waals surface area contributed by atoms with Crippen molar-refractivity contribution in [3.8, 4) is 5.75 Å². The van der Waals surface area contributed by atoms with Gasteiger partial charge in [0.2, 0.25) is 11.8 Å². The highest BCUT2D eigenvalue weighted by molar-refractivity contribution is 6.23. The third-order valence-corrected chi connectivity index (χ3v) is 11.8. The average molecular weight is 650 g/mol. The molecule has 1 N–H and O–H groups in total. The molecule has 0 aromatic heterocycles. The van der Waals surface area contributed by atoms with Crippen LogP contribution in [-0.4, -0.2) is 34.3 Å². The summed E-state index contributed by atoms with van der Waals surface area (Å²) in [6.45, 7) is 5.30. The first-order valence-electron chi connectivity index (χ1n) is 16.8. The van der Waals surface area contributed by atoms with E-state index in [2.05, 4.69) is 0 Å². The van der Waals surface area contributed by atoms with Crippen LogP contribution < -0.4 is 4.90 Å². The molecule has 4 aromatic carbocycles. The maximum Gasteiger partial charge on any atom is 0.238 e. The van der Waals surface area contributed by atoms with Crippen LogP contribution in [0.15, 0.2) is 114 Å². The van der Waals surface area contributed by atoms with Gasteiger partial charge in [-0.25, -0.2) is 0 Å². The molecule has 0 spiro atoms. The van der Waals surface area contributed by atoms with Gasteiger partial charge >= 0.3 is 0 Å². The van der Waals surface area contributed by atoms with Gasteiger partial charge in [-0.2, -0.15) is 0 Å². The molecule has 1 aliphatic heterocycles. The first-order valence-corrected chi connectivity index (χ1v) is 16.8. The topological polar surface area (TPSA) is 109 Å². The Bertz CT molecular complexity index is 2200. The van der Waals surface area contributed by atoms with E-state index < -0.39 is 35.0 Å². The second kappa shape index (κ2) is 11.1. The lowest BCUT2D eigenvalue weighted by atomic mass is 9.46. The molecule has 1 heterocycles. The van der Waals surface area contributed by atoms with Crippen molar-refractivity contribution in [1.29, 1.82) is 0 Å². The zero-order chi connectivity index (χ0) is 34.4. The summed E-state index contributed by atoms with van der Waals surface area (Å²) in [6.07, 6.45) is 2.64. The van der Waals surface area contributed by atoms with E-state index in [1.807, 2.05) is 49.4 Å². The van der Waals surface area contributed by atoms with E-state index in [1.54, 1.807) is 68.4 Å². The number of fused-ring (bicyclic) bond motifs is 5. The molecule has 7 heteroatoms. The minimum atomic E-state index is -1.12. The van der Waals surface area contributed by atoms with Crippen molar-refractivity contribution in [2.45, 2.75) is 39.5 Å². The number of amides is 2. The van der Waals surface area contributed by atoms with E-state index in [1.165, 1.54) is 4.90 Å². The summed E-state index contributed by atoms with van der Waals surface area (Å²) in [5, 5.41) is 12.2. The molecule has 4 aromatic rings. The molecule has 0 radical (unpaired) electrons. The monoisotopic (exact) mass is 649 g/mol. The van der Waals surface area contributed by atoms with Gasteiger partial charge in [0.15, 0.2) is 17.3 Å². The van der Waals surface area contributed by atoms with Gasteiger partial charge in [0.25, 0.3) is 0 Å². The van der Waals surface area contributed by atoms with Gasteiger partial charge in [0.1, 0.15) is 5.75 Å². The predicted molar refractivity (Wildman–Crippen MR) is 185 cm³/mol. The van der Waals surface area contributed by atoms with Gasteiger partial charge in [-0.15, -0.1) is 0 Å². The third kappa shape index (κ3) is 4.31. The molecule has 0 unspecified atom stereocenters. The van der Waals surface area contributed by atoms with Gasteiger partial charge in [-0.3, -0.25) is 28.9 Å². The van der Waals surface area contributed by atoms with Crippen molar-refractivity contribution < 1.29 is 29.1 Å². The number of nitrogens with zero attached hydrogens (tertiary/aromatic N) is 1. The number of rotatable bonds is 4. The number of allylic oxidation sites excluding steroid dienone is 4. The molecule has 3 aliphatic carbocycles. The number of phenols is 1. The summed E-state index contributed by atoms with van der Waals surface area (Å²) in [6, 6.07) is 26.4. The first-order chi connectivity index (χ1) is 23.5. The summed E-state index contributed by atoms with van der Waals surface area (Å²) in [5.41, 5.74) is 2.89. The van der Waals surface area contributed by atoms with Crippen LogP contribution in [0.4, 0.5) is 5.69 Å². The molecule has 244 valence electrons. The number of benzene rings is 4. The number of hydrogen-bond acceptors (Lipinski definition) is 6. The number of phenolic OH excluding ortho intramolecular Hbond substituents is 1. The SMILES string of the molecule is CC1=C(C)C(=O)[C@@]2(C)[C@@H](c3ccc(O)c4ccccc34)C3=CC[C@@H]4C(=O)N(c5ccc(C(=O)c6ccccc6)cc5)C(=O)[C@@H]4[C@@H]3C[C@H]2C1=O. The van der Waals surface area contributed by atoms with E-state index >= 15 is 0 Å². The number of anilines is 1. The molecule has 7 nitrogen and oxygen atoms in total. The Hall–Kier alpha value is -5.43. The number of aromatic hydroxyl groups is 1. The fraction of sp³-hybridized carbons (Fsp3) is 0.262. The number of carbonyl (C=O) groups excluding carboxylic acids is 5. The Morgan fingerprint density at radius 3 is 2.12 bits per heavy atom. The highest BCUT2D eigenvalue weighted by Crippen LogP contribution is 2.63. The molecule has 2 fully saturated rings. The number of carbonyl (C=O) groups is 5. The lowest BCUT2D eigenvalue weighted by Gasteiger charge is -2.54. The van der Waals surface area contributed by atoms with Gasteiger partial charge in [0.05, 0.1) is 22.9 Å². The van der Waals surface area contributed by atoms with E-state index in [-0.39, 0.29) is 41.3 Å². The average Bonchev–Trinajstić information content (AvgIpc) is 3.39. The second-order valence-electron chi connectivity index (χ2n) is 14.1. The van der Waals surface area contributed by atoms with Gasteiger partial charge in [-0.05, 0) is 85.0 Å². The van der Waals surface area contributed by atoms with E-state index in [0.29, 0.717) is 39.8 Å². The molecule has 4 aliphatic rings. The van der Waals surface area contributed by atoms with Crippen LogP contribution in [-0.2, 0) is 19.2 Å². The van der Waals surface area contributed by atoms with Crippen molar-refractivity contribution in [2.75, 3.05) is 4.90 Å². The lowest BCUT2D eigenvalue weighted by molar-refractivity contribution is -0.142. The quantitative estimate of drug-likeness (QED) is 0.143. The van der Waals surface area contributed by atoms with Crippen molar-refractivity contribution in [3.63, 3.8) is 0 Å². The molecular formula is C42H35NO6. The van der Waals surface area contributed by atoms with Crippen LogP contribution >= 0.6 is 0 Å². The highest BCUT2D eigenvalue weighted by Gasteiger charge is 2.64. The number of ketones is 3. The smallest absolute Gasteiger partial charge is 0.238 e. The Labute approximate surface area is 283 Å². The van der Waals surface area contributed by atoms with Crippen LogP contribution in [0.3, 0.4) is 0 Å². The largest absolute Gasteiger partial charge is 0.507 e. The van der Waals surface area contributed by atoms with E-state index in [9.17, 15) is 29.1 Å². The normalized spacial score (nSPS) is 27.9. The van der Waals surface area contributed by atoms with E-state index in [4.69, 9.17) is 0 Å². The molecule has 8 rings (SSSR count). The molecule has 0 bridgehead atoms. The zero-order valence-electron chi connectivity index (χ0n) is 27.5. The zero-order valence-corrected chi connectivity index (χ0v) is 27.5. The van der Waals surface area contributed by atoms with Crippen LogP contribution in [0.5, 0.6) is 5.75 Å². The Morgan fingerprint density at radius 1 is 0.755 bits per heavy atom. The fourth-order valence-electron chi connectivity index (χ4n) is 9.25. The number of hydrogen-bond donors (Lipinski definition) is 1. The van der Waals surface area contributed by atoms with Crippen molar-refractivity contribution in [2.24, 2.45) is 29.1 Å².